The first-order chi connectivity index (χ1) is 6.24. The van der Waals surface area contributed by atoms with Crippen LogP contribution >= 0.6 is 15.9 Å². The summed E-state index contributed by atoms with van der Waals surface area (Å²) in [5, 5.41) is 0.258. The summed E-state index contributed by atoms with van der Waals surface area (Å²) >= 11 is 3.12. The maximum Gasteiger partial charge on any atom is 0.193 e. The van der Waals surface area contributed by atoms with Crippen molar-refractivity contribution in [3.05, 3.63) is 0 Å². The van der Waals surface area contributed by atoms with Crippen LogP contribution in [-0.4, -0.2) is 14.4 Å². The van der Waals surface area contributed by atoms with Crippen LogP contribution in [0.1, 0.15) is 34.1 Å². The fourth-order valence-electron chi connectivity index (χ4n) is 0.808. The second-order valence-electron chi connectivity index (χ2n) is 5.01. The van der Waals surface area contributed by atoms with E-state index in [-0.39, 0.29) is 11.1 Å². The van der Waals surface area contributed by atoms with Crippen LogP contribution in [0.2, 0.25) is 18.1 Å². The Morgan fingerprint density at radius 1 is 1.36 bits per heavy atom. The van der Waals surface area contributed by atoms with E-state index in [1.165, 1.54) is 0 Å². The summed E-state index contributed by atoms with van der Waals surface area (Å²) in [4.78, 5) is 2.75. The molecule has 1 atom stereocenters. The van der Waals surface area contributed by atoms with Crippen molar-refractivity contribution in [1.82, 2.24) is 0 Å². The van der Waals surface area contributed by atoms with Crippen LogP contribution in [0.5, 0.6) is 0 Å². The molecule has 0 aliphatic rings. The van der Waals surface area contributed by atoms with Gasteiger partial charge in [-0.05, 0) is 29.4 Å². The molecule has 0 aliphatic heterocycles. The van der Waals surface area contributed by atoms with Crippen molar-refractivity contribution in [3.63, 3.8) is 0 Å². The second-order valence-corrected chi connectivity index (χ2v) is 10.2. The highest BCUT2D eigenvalue weighted by atomic mass is 79.9. The van der Waals surface area contributed by atoms with Crippen LogP contribution in [-0.2, 0) is 4.43 Å². The van der Waals surface area contributed by atoms with Crippen molar-refractivity contribution in [2.45, 2.75) is 58.4 Å². The van der Waals surface area contributed by atoms with Crippen LogP contribution in [0.25, 0.3) is 0 Å². The van der Waals surface area contributed by atoms with Crippen molar-refractivity contribution < 1.29 is 4.43 Å². The van der Waals surface area contributed by atoms with Crippen LogP contribution in [0, 0.1) is 10.8 Å². The molecule has 0 saturated carbocycles. The van der Waals surface area contributed by atoms with Gasteiger partial charge in [-0.25, -0.2) is 0 Å². The molecule has 1 unspecified atom stereocenters. The average Bonchev–Trinajstić information content (AvgIpc) is 2.01. The zero-order valence-corrected chi connectivity index (χ0v) is 12.7. The molecular weight excluding hydrogens is 256 g/mol. The Morgan fingerprint density at radius 3 is 2.14 bits per heavy atom. The highest BCUT2D eigenvalue weighted by Crippen LogP contribution is 2.37. The molecule has 0 aliphatic carbocycles. The zero-order valence-electron chi connectivity index (χ0n) is 10.1. The maximum atomic E-state index is 6.13. The first-order valence-corrected chi connectivity index (χ1v) is 8.73. The van der Waals surface area contributed by atoms with E-state index in [9.17, 15) is 0 Å². The van der Waals surface area contributed by atoms with Gasteiger partial charge in [-0.15, -0.1) is 0 Å². The van der Waals surface area contributed by atoms with Crippen molar-refractivity contribution in [1.29, 1.82) is 0 Å². The predicted octanol–water partition coefficient (Wildman–Crippen LogP) is 4.14. The summed E-state index contributed by atoms with van der Waals surface area (Å²) in [6, 6.07) is 0. The Hall–Kier alpha value is 0.217. The summed E-state index contributed by atoms with van der Waals surface area (Å²) < 4.78 is 6.13. The Labute approximate surface area is 97.9 Å². The monoisotopic (exact) mass is 276 g/mol. The van der Waals surface area contributed by atoms with Gasteiger partial charge in [0.2, 0.25) is 0 Å². The molecule has 0 rings (SSSR count). The lowest BCUT2D eigenvalue weighted by Gasteiger charge is -2.37. The van der Waals surface area contributed by atoms with Gasteiger partial charge in [-0.1, -0.05) is 33.6 Å². The van der Waals surface area contributed by atoms with Gasteiger partial charge in [0.15, 0.2) is 8.32 Å². The van der Waals surface area contributed by atoms with Crippen LogP contribution in [0.15, 0.2) is 0 Å². The molecule has 0 amide bonds. The fraction of sp³-hybridized carbons (Fsp3) is 0.818. The van der Waals surface area contributed by atoms with Gasteiger partial charge in [0, 0.05) is 15.9 Å². The third-order valence-electron chi connectivity index (χ3n) is 2.83. The zero-order chi connectivity index (χ0) is 11.4. The molecule has 0 aromatic rings. The van der Waals surface area contributed by atoms with Gasteiger partial charge < -0.3 is 4.43 Å². The Morgan fingerprint density at radius 2 is 1.86 bits per heavy atom. The summed E-state index contributed by atoms with van der Waals surface area (Å²) in [7, 11) is -1.65. The van der Waals surface area contributed by atoms with E-state index in [4.69, 9.17) is 4.43 Å². The molecule has 14 heavy (non-hydrogen) atoms. The Kier molecular flexibility index (Phi) is 5.42. The molecule has 0 fully saturated rings. The Bertz CT molecular complexity index is 232. The summed E-state index contributed by atoms with van der Waals surface area (Å²) in [6.07, 6.45) is 1.03. The van der Waals surface area contributed by atoms with Gasteiger partial charge in [-0.3, -0.25) is 0 Å². The third kappa shape index (κ3) is 4.16. The van der Waals surface area contributed by atoms with E-state index in [1.807, 2.05) is 0 Å². The molecule has 0 aromatic carbocycles. The van der Waals surface area contributed by atoms with E-state index in [0.29, 0.717) is 0 Å². The van der Waals surface area contributed by atoms with Crippen LogP contribution in [0.3, 0.4) is 0 Å². The van der Waals surface area contributed by atoms with Crippen LogP contribution < -0.4 is 0 Å². The SMILES string of the molecule is CCC(C#CBr)O[Si](C)(C)C(C)(C)C. The topological polar surface area (TPSA) is 9.23 Å². The van der Waals surface area contributed by atoms with Gasteiger partial charge in [-0.2, -0.15) is 0 Å². The Balaban J connectivity index is 4.53. The van der Waals surface area contributed by atoms with Crippen molar-refractivity contribution in [2.75, 3.05) is 0 Å². The first kappa shape index (κ1) is 14.2. The van der Waals surface area contributed by atoms with E-state index in [2.05, 4.69) is 67.5 Å². The average molecular weight is 277 g/mol. The number of hydrogen-bond acceptors (Lipinski definition) is 1. The van der Waals surface area contributed by atoms with E-state index in [0.717, 1.165) is 6.42 Å². The third-order valence-corrected chi connectivity index (χ3v) is 7.54. The maximum absolute atomic E-state index is 6.13. The number of halogens is 1. The van der Waals surface area contributed by atoms with Gasteiger partial charge >= 0.3 is 0 Å². The standard InChI is InChI=1S/C11H21BrOSi/c1-7-10(8-9-12)13-14(5,6)11(2,3)4/h10H,7H2,1-6H3. The van der Waals surface area contributed by atoms with Crippen molar-refractivity contribution in [3.8, 4) is 10.8 Å². The normalized spacial score (nSPS) is 14.5. The minimum atomic E-state index is -1.65. The summed E-state index contributed by atoms with van der Waals surface area (Å²) in [5.41, 5.74) is 0. The molecule has 1 nitrogen and oxygen atoms in total. The van der Waals surface area contributed by atoms with E-state index in [1.54, 1.807) is 0 Å². The first-order valence-electron chi connectivity index (χ1n) is 5.03. The van der Waals surface area contributed by atoms with E-state index < -0.39 is 8.32 Å². The van der Waals surface area contributed by atoms with Gasteiger partial charge in [0.25, 0.3) is 0 Å². The van der Waals surface area contributed by atoms with Crippen LogP contribution in [0.4, 0.5) is 0 Å². The molecular formula is C11H21BrOSi. The minimum absolute atomic E-state index is 0.0790. The second kappa shape index (κ2) is 5.34. The molecule has 0 spiro atoms. The highest BCUT2D eigenvalue weighted by Gasteiger charge is 2.38. The molecule has 0 aromatic heterocycles. The molecule has 3 heteroatoms. The summed E-state index contributed by atoms with van der Waals surface area (Å²) in [6.45, 7) is 13.3. The highest BCUT2D eigenvalue weighted by molar-refractivity contribution is 9.12. The minimum Gasteiger partial charge on any atom is -0.403 e. The molecule has 0 radical (unpaired) electrons. The molecule has 0 saturated heterocycles. The number of hydrogen-bond donors (Lipinski definition) is 0. The molecule has 0 N–H and O–H groups in total. The lowest BCUT2D eigenvalue weighted by atomic mass is 10.2. The van der Waals surface area contributed by atoms with E-state index >= 15 is 0 Å². The fourth-order valence-corrected chi connectivity index (χ4v) is 2.35. The predicted molar refractivity (Wildman–Crippen MR) is 69.1 cm³/mol. The molecule has 82 valence electrons. The van der Waals surface area contributed by atoms with Gasteiger partial charge in [0.1, 0.15) is 6.10 Å². The quantitative estimate of drug-likeness (QED) is 0.556. The largest absolute Gasteiger partial charge is 0.403 e. The smallest absolute Gasteiger partial charge is 0.193 e. The van der Waals surface area contributed by atoms with Crippen molar-refractivity contribution in [2.24, 2.45) is 0 Å². The molecule has 0 heterocycles. The lowest BCUT2D eigenvalue weighted by molar-refractivity contribution is 0.229. The van der Waals surface area contributed by atoms with Crippen molar-refractivity contribution >= 4 is 24.2 Å². The molecule has 0 bridgehead atoms. The summed E-state index contributed by atoms with van der Waals surface area (Å²) in [5.74, 6) is 3.04. The lowest BCUT2D eigenvalue weighted by Crippen LogP contribution is -2.43. The van der Waals surface area contributed by atoms with Gasteiger partial charge in [0.05, 0.1) is 0 Å². The number of rotatable bonds is 3.